The van der Waals surface area contributed by atoms with Crippen molar-refractivity contribution in [2.24, 2.45) is 39.9 Å². The third kappa shape index (κ3) is 26.4. The summed E-state index contributed by atoms with van der Waals surface area (Å²) in [6.07, 6.45) is 17.5. The summed E-state index contributed by atoms with van der Waals surface area (Å²) in [5.41, 5.74) is 6.93. The molecule has 0 radical (unpaired) electrons. The minimum atomic E-state index is -4.64. The molecule has 0 aromatic heterocycles. The summed E-state index contributed by atoms with van der Waals surface area (Å²) in [6.45, 7) is 2.46. The van der Waals surface area contributed by atoms with E-state index in [2.05, 4.69) is 0 Å². The maximum atomic E-state index is 8.35. The molecule has 14 rings (SSSR count). The third-order valence-corrected chi connectivity index (χ3v) is 58.4. The molecular weight excluding hydrogens is 1770 g/mol. The Labute approximate surface area is 726 Å². The first-order chi connectivity index (χ1) is 56.3. The lowest BCUT2D eigenvalue weighted by Crippen LogP contribution is -2.88. The molecule has 0 saturated carbocycles. The van der Waals surface area contributed by atoms with Crippen molar-refractivity contribution < 1.29 is 49.4 Å². The van der Waals surface area contributed by atoms with E-state index in [1.54, 1.807) is 0 Å². The summed E-state index contributed by atoms with van der Waals surface area (Å²) >= 11 is 51.1. The van der Waals surface area contributed by atoms with Crippen molar-refractivity contribution in [3.05, 3.63) is 279 Å². The molecule has 0 N–H and O–H groups in total. The van der Waals surface area contributed by atoms with E-state index < -0.39 is 70.4 Å². The largest absolute Gasteiger partial charge is 0.478 e. The number of aliphatic imine (C=N–C) groups is 8. The van der Waals surface area contributed by atoms with Crippen LogP contribution in [-0.4, -0.2) is 173 Å². The van der Waals surface area contributed by atoms with Gasteiger partial charge in [0.1, 0.15) is 0 Å². The molecule has 0 amide bonds. The smallest absolute Gasteiger partial charge is 0.373 e. The maximum absolute atomic E-state index is 8.35. The van der Waals surface area contributed by atoms with E-state index in [0.29, 0.717) is 144 Å². The minimum Gasteiger partial charge on any atom is -0.373 e. The van der Waals surface area contributed by atoms with Crippen molar-refractivity contribution in [3.63, 3.8) is 0 Å². The average Bonchev–Trinajstić information content (AvgIpc) is 0.686. The number of hydrogen-bond acceptors (Lipinski definition) is 20. The molecule has 0 spiro atoms. The monoisotopic (exact) mass is 1860 g/mol. The van der Waals surface area contributed by atoms with Crippen LogP contribution in [0.1, 0.15) is 95.9 Å². The molecule has 8 aromatic rings. The van der Waals surface area contributed by atoms with Gasteiger partial charge in [0.2, 0.25) is 0 Å². The molecule has 116 heavy (non-hydrogen) atoms. The fourth-order valence-corrected chi connectivity index (χ4v) is 64.7. The lowest BCUT2D eigenvalue weighted by Gasteiger charge is -2.63. The zero-order chi connectivity index (χ0) is 80.6. The van der Waals surface area contributed by atoms with Gasteiger partial charge in [-0.1, -0.05) is 190 Å². The lowest BCUT2D eigenvalue weighted by molar-refractivity contribution is -0.0309. The Hall–Kier alpha value is -5.30. The van der Waals surface area contributed by atoms with Gasteiger partial charge < -0.3 is 49.4 Å². The Morgan fingerprint density at radius 3 is 0.353 bits per heavy atom. The summed E-state index contributed by atoms with van der Waals surface area (Å²) in [4.78, 5) is 40.0. The molecule has 0 aliphatic carbocycles. The second kappa shape index (κ2) is 42.5. The molecule has 6 aliphatic heterocycles. The van der Waals surface area contributed by atoms with Crippen molar-refractivity contribution in [3.8, 4) is 0 Å². The van der Waals surface area contributed by atoms with E-state index in [4.69, 9.17) is 182 Å². The molecule has 8 bridgehead atoms. The zero-order valence-electron chi connectivity index (χ0n) is 63.6. The summed E-state index contributed by atoms with van der Waals surface area (Å²) in [5, 5.41) is 4.88. The summed E-state index contributed by atoms with van der Waals surface area (Å²) in [5.74, 6) is 0. The van der Waals surface area contributed by atoms with Gasteiger partial charge in [-0.15, -0.1) is 0 Å². The Balaban J connectivity index is 1.00. The highest BCUT2D eigenvalue weighted by Gasteiger charge is 2.83. The van der Waals surface area contributed by atoms with E-state index >= 15 is 0 Å². The van der Waals surface area contributed by atoms with Crippen molar-refractivity contribution in [2.75, 3.05) is 52.4 Å². The molecule has 36 heteroatoms. The van der Waals surface area contributed by atoms with Gasteiger partial charge in [-0.25, -0.2) is 0 Å². The molecule has 6 heterocycles. The first kappa shape index (κ1) is 88.5. The number of rotatable bonds is 40. The summed E-state index contributed by atoms with van der Waals surface area (Å²) < 4.78 is 100. The molecule has 6 fully saturated rings. The van der Waals surface area contributed by atoms with Gasteiger partial charge in [0.15, 0.2) is 0 Å². The molecule has 608 valence electrons. The Bertz CT molecular complexity index is 3800. The standard InChI is InChI=1S/C80H88Cl8N8O12Si8/c81-73-25-9-65(10-26-73)57-89-41-1-49-109-97-110(50-2-42-90-58-66-11-27-74(82)28-12-66)100-113(53-5-45-93-61-69-17-33-77(85)34-18-69)102-111(98-109,51-3-43-91-59-67-13-29-75(83)30-14-67)104-115(55-7-47-95-63-71-21-37-79(87)38-22-71)105-112(99-109,52-4-44-92-60-68-15-31-76(84)32-16-68)103-114(101-110,54-6-46-94-62-70-19-35-78(86)36-20-70)107-116(106-113,108-115)56-8-48-96-64-72-23-39-80(88)40-24-72/h9-40,57-64H,1-8,41-56H2. The molecule has 0 atom stereocenters. The van der Waals surface area contributed by atoms with Crippen LogP contribution in [0.4, 0.5) is 0 Å². The van der Waals surface area contributed by atoms with Crippen LogP contribution in [-0.2, 0) is 49.4 Å². The molecule has 8 aromatic carbocycles. The van der Waals surface area contributed by atoms with Crippen LogP contribution < -0.4 is 0 Å². The fraction of sp³-hybridized carbons (Fsp3) is 0.300. The molecule has 20 nitrogen and oxygen atoms in total. The van der Waals surface area contributed by atoms with Crippen LogP contribution in [0.5, 0.6) is 0 Å². The minimum absolute atomic E-state index is 0.140. The van der Waals surface area contributed by atoms with E-state index in [9.17, 15) is 0 Å². The van der Waals surface area contributed by atoms with Gasteiger partial charge in [0, 0.05) is 191 Å². The molecule has 6 aliphatic rings. The van der Waals surface area contributed by atoms with Crippen molar-refractivity contribution >= 4 is 213 Å². The van der Waals surface area contributed by atoms with Gasteiger partial charge in [0.25, 0.3) is 0 Å². The number of hydrogen-bond donors (Lipinski definition) is 0. The van der Waals surface area contributed by atoms with Crippen molar-refractivity contribution in [1.29, 1.82) is 0 Å². The van der Waals surface area contributed by atoms with Gasteiger partial charge in [0.05, 0.1) is 0 Å². The van der Waals surface area contributed by atoms with Gasteiger partial charge >= 0.3 is 70.4 Å². The topological polar surface area (TPSA) is 210 Å². The Kier molecular flexibility index (Phi) is 32.4. The van der Waals surface area contributed by atoms with Crippen LogP contribution in [0, 0.1) is 0 Å². The van der Waals surface area contributed by atoms with E-state index in [1.165, 1.54) is 0 Å². The summed E-state index contributed by atoms with van der Waals surface area (Å²) in [6, 6.07) is 61.1. The maximum Gasteiger partial charge on any atom is 0.478 e. The molecular formula is C80H88Cl8N8O12Si8. The van der Waals surface area contributed by atoms with Crippen LogP contribution in [0.25, 0.3) is 0 Å². The third-order valence-electron chi connectivity index (χ3n) is 18.8. The predicted molar refractivity (Wildman–Crippen MR) is 486 cm³/mol. The first-order valence-electron chi connectivity index (χ1n) is 38.7. The Morgan fingerprint density at radius 2 is 0.259 bits per heavy atom. The van der Waals surface area contributed by atoms with Crippen LogP contribution in [0.15, 0.2) is 234 Å². The summed E-state index contributed by atoms with van der Waals surface area (Å²) in [7, 11) is -37.1. The van der Waals surface area contributed by atoms with Crippen molar-refractivity contribution in [1.82, 2.24) is 0 Å². The Morgan fingerprint density at radius 1 is 0.164 bits per heavy atom. The zero-order valence-corrected chi connectivity index (χ0v) is 77.6. The van der Waals surface area contributed by atoms with E-state index in [0.717, 1.165) is 44.5 Å². The normalized spacial score (nSPS) is 25.3. The number of nitrogens with zero attached hydrogens (tertiary/aromatic N) is 8. The number of halogens is 8. The lowest BCUT2D eigenvalue weighted by atomic mass is 10.2. The van der Waals surface area contributed by atoms with Gasteiger partial charge in [-0.05, 0) is 193 Å². The highest BCUT2D eigenvalue weighted by Crippen LogP contribution is 2.55. The second-order valence-electron chi connectivity index (χ2n) is 28.2. The highest BCUT2D eigenvalue weighted by molar-refractivity contribution is 7.03. The van der Waals surface area contributed by atoms with Crippen molar-refractivity contribution in [2.45, 2.75) is 99.7 Å². The SMILES string of the molecule is Clc1ccc(C=NCCC[Si]23O[Si]4(CCCN=Cc5ccc(Cl)cc5)O[Si]5(CCCN=Cc6ccc(Cl)cc6)O[Si](CCCN=Cc6ccc(Cl)cc6)(O2)O[Si]2(CCCN=Cc6ccc(Cl)cc6)O[Si](CCCN=Cc6ccc(Cl)cc6)(O3)O[Si](CCCN=Cc3ccc(Cl)cc3)(O4)O[Si](CCCN=Cc3ccc(Cl)cc3)(O5)O2)cc1. The number of benzene rings is 8. The van der Waals surface area contributed by atoms with Gasteiger partial charge in [-0.3, -0.25) is 39.9 Å². The van der Waals surface area contributed by atoms with Gasteiger partial charge in [-0.2, -0.15) is 0 Å². The first-order valence-corrected chi connectivity index (χ1v) is 57.2. The average molecular weight is 1860 g/mol. The van der Waals surface area contributed by atoms with E-state index in [1.807, 2.05) is 244 Å². The second-order valence-corrected chi connectivity index (χ2v) is 56.4. The van der Waals surface area contributed by atoms with Crippen LogP contribution in [0.3, 0.4) is 0 Å². The molecule has 0 unspecified atom stereocenters. The van der Waals surface area contributed by atoms with E-state index in [-0.39, 0.29) is 48.4 Å². The fourth-order valence-electron chi connectivity index (χ4n) is 13.4. The molecule has 6 saturated heterocycles. The van der Waals surface area contributed by atoms with Crippen LogP contribution >= 0.6 is 92.8 Å². The predicted octanol–water partition coefficient (Wildman–Crippen LogP) is 21.1. The quantitative estimate of drug-likeness (QED) is 0.0199. The van der Waals surface area contributed by atoms with Crippen LogP contribution in [0.2, 0.25) is 88.5 Å². The highest BCUT2D eigenvalue weighted by atomic mass is 35.5.